The van der Waals surface area contributed by atoms with E-state index in [1.807, 2.05) is 12.1 Å². The minimum absolute atomic E-state index is 0.0609. The summed E-state index contributed by atoms with van der Waals surface area (Å²) in [6.45, 7) is 9.56. The molecule has 1 aromatic rings. The van der Waals surface area contributed by atoms with Crippen LogP contribution in [-0.4, -0.2) is 58.1 Å². The Hall–Kier alpha value is -2.16. The van der Waals surface area contributed by atoms with Gasteiger partial charge in [0.05, 0.1) is 31.8 Å². The van der Waals surface area contributed by atoms with Crippen LogP contribution in [-0.2, 0) is 23.7 Å². The van der Waals surface area contributed by atoms with Crippen molar-refractivity contribution in [2.24, 2.45) is 11.3 Å². The van der Waals surface area contributed by atoms with Crippen LogP contribution in [0.5, 0.6) is 0 Å². The van der Waals surface area contributed by atoms with Crippen LogP contribution >= 0.6 is 0 Å². The summed E-state index contributed by atoms with van der Waals surface area (Å²) in [7, 11) is 1.37. The SMILES string of the molecule is [CH2]CCCCCC(CC)C(=O)OC1N(c2ccc(C(=O)OC)c(C3OCCO3)c2)CC12CCNCC2. The molecule has 8 heteroatoms. The lowest BCUT2D eigenvalue weighted by molar-refractivity contribution is -0.172. The van der Waals surface area contributed by atoms with Gasteiger partial charge in [0.1, 0.15) is 0 Å². The van der Waals surface area contributed by atoms with E-state index in [1.165, 1.54) is 7.11 Å². The fraction of sp³-hybridized carbons (Fsp3) is 0.679. The minimum Gasteiger partial charge on any atom is -0.465 e. The van der Waals surface area contributed by atoms with E-state index in [0.717, 1.165) is 76.7 Å². The van der Waals surface area contributed by atoms with E-state index in [-0.39, 0.29) is 23.5 Å². The number of carbonyl (C=O) groups is 2. The van der Waals surface area contributed by atoms with Crippen molar-refractivity contribution >= 4 is 17.6 Å². The fourth-order valence-electron chi connectivity index (χ4n) is 5.66. The Balaban J connectivity index is 1.55. The molecule has 1 N–H and O–H groups in total. The second-order valence-electron chi connectivity index (χ2n) is 10.2. The maximum absolute atomic E-state index is 13.3. The minimum atomic E-state index is -0.614. The second-order valence-corrected chi connectivity index (χ2v) is 10.2. The molecule has 3 heterocycles. The van der Waals surface area contributed by atoms with E-state index in [1.54, 1.807) is 6.07 Å². The van der Waals surface area contributed by atoms with E-state index in [0.29, 0.717) is 24.3 Å². The van der Waals surface area contributed by atoms with Gasteiger partial charge in [0.2, 0.25) is 0 Å². The molecule has 1 spiro atoms. The van der Waals surface area contributed by atoms with Crippen molar-refractivity contribution in [1.82, 2.24) is 5.32 Å². The Morgan fingerprint density at radius 1 is 1.19 bits per heavy atom. The molecule has 0 aliphatic carbocycles. The highest BCUT2D eigenvalue weighted by Crippen LogP contribution is 2.48. The number of unbranched alkanes of at least 4 members (excludes halogenated alkanes) is 3. The van der Waals surface area contributed by atoms with Crippen molar-refractivity contribution < 1.29 is 28.5 Å². The van der Waals surface area contributed by atoms with Crippen LogP contribution in [0.15, 0.2) is 18.2 Å². The quantitative estimate of drug-likeness (QED) is 0.353. The van der Waals surface area contributed by atoms with Crippen molar-refractivity contribution in [1.29, 1.82) is 0 Å². The lowest BCUT2D eigenvalue weighted by Gasteiger charge is -2.59. The van der Waals surface area contributed by atoms with E-state index in [9.17, 15) is 9.59 Å². The van der Waals surface area contributed by atoms with Gasteiger partial charge in [-0.25, -0.2) is 4.79 Å². The van der Waals surface area contributed by atoms with Gasteiger partial charge in [0.15, 0.2) is 12.5 Å². The number of nitrogens with one attached hydrogen (secondary N) is 1. The highest BCUT2D eigenvalue weighted by molar-refractivity contribution is 5.91. The van der Waals surface area contributed by atoms with Crippen LogP contribution < -0.4 is 10.2 Å². The summed E-state index contributed by atoms with van der Waals surface area (Å²) >= 11 is 0. The lowest BCUT2D eigenvalue weighted by Crippen LogP contribution is -2.69. The third kappa shape index (κ3) is 5.71. The molecule has 4 rings (SSSR count). The second kappa shape index (κ2) is 12.4. The number of nitrogens with zero attached hydrogens (tertiary/aromatic N) is 1. The highest BCUT2D eigenvalue weighted by atomic mass is 16.7. The maximum Gasteiger partial charge on any atom is 0.338 e. The first kappa shape index (κ1) is 26.9. The molecule has 0 bridgehead atoms. The van der Waals surface area contributed by atoms with Crippen molar-refractivity contribution in [2.45, 2.75) is 70.8 Å². The number of hydrogen-bond acceptors (Lipinski definition) is 8. The first-order chi connectivity index (χ1) is 17.5. The molecule has 3 aliphatic rings. The van der Waals surface area contributed by atoms with Gasteiger partial charge in [0, 0.05) is 23.2 Å². The van der Waals surface area contributed by atoms with E-state index in [4.69, 9.17) is 18.9 Å². The van der Waals surface area contributed by atoms with Gasteiger partial charge in [-0.15, -0.1) is 0 Å². The molecule has 1 aromatic carbocycles. The van der Waals surface area contributed by atoms with E-state index in [2.05, 4.69) is 24.1 Å². The Morgan fingerprint density at radius 3 is 2.61 bits per heavy atom. The molecular weight excluding hydrogens is 460 g/mol. The van der Waals surface area contributed by atoms with Crippen LogP contribution in [0.4, 0.5) is 5.69 Å². The number of carbonyl (C=O) groups excluding carboxylic acids is 2. The lowest BCUT2D eigenvalue weighted by atomic mass is 9.70. The number of methoxy groups -OCH3 is 1. The van der Waals surface area contributed by atoms with Crippen LogP contribution in [0.2, 0.25) is 0 Å². The van der Waals surface area contributed by atoms with Crippen molar-refractivity contribution in [3.8, 4) is 0 Å². The summed E-state index contributed by atoms with van der Waals surface area (Å²) in [6.07, 6.45) is 6.75. The van der Waals surface area contributed by atoms with Gasteiger partial charge < -0.3 is 29.2 Å². The van der Waals surface area contributed by atoms with Gasteiger partial charge in [-0.1, -0.05) is 39.5 Å². The summed E-state index contributed by atoms with van der Waals surface area (Å²) in [5.74, 6) is -0.621. The predicted molar refractivity (Wildman–Crippen MR) is 136 cm³/mol. The average molecular weight is 502 g/mol. The molecule has 2 atom stereocenters. The summed E-state index contributed by atoms with van der Waals surface area (Å²) < 4.78 is 22.7. The van der Waals surface area contributed by atoms with Crippen LogP contribution in [0.1, 0.15) is 80.5 Å². The zero-order valence-corrected chi connectivity index (χ0v) is 21.8. The first-order valence-corrected chi connectivity index (χ1v) is 13.5. The normalized spacial score (nSPS) is 22.3. The monoisotopic (exact) mass is 501 g/mol. The molecule has 0 saturated carbocycles. The maximum atomic E-state index is 13.3. The molecule has 0 amide bonds. The summed E-state index contributed by atoms with van der Waals surface area (Å²) in [6, 6.07) is 5.58. The number of benzene rings is 1. The van der Waals surface area contributed by atoms with E-state index < -0.39 is 12.3 Å². The molecular formula is C28H41N2O6. The number of rotatable bonds is 11. The molecule has 0 aromatic heterocycles. The Labute approximate surface area is 215 Å². The van der Waals surface area contributed by atoms with Crippen LogP contribution in [0.3, 0.4) is 0 Å². The molecule has 2 unspecified atom stereocenters. The number of ether oxygens (including phenoxy) is 4. The largest absolute Gasteiger partial charge is 0.465 e. The highest BCUT2D eigenvalue weighted by Gasteiger charge is 2.55. The predicted octanol–water partition coefficient (Wildman–Crippen LogP) is 4.39. The van der Waals surface area contributed by atoms with Crippen LogP contribution in [0.25, 0.3) is 0 Å². The Kier molecular flexibility index (Phi) is 9.25. The number of esters is 2. The molecule has 8 nitrogen and oxygen atoms in total. The smallest absolute Gasteiger partial charge is 0.338 e. The van der Waals surface area contributed by atoms with Crippen molar-refractivity contribution in [3.63, 3.8) is 0 Å². The topological polar surface area (TPSA) is 86.3 Å². The van der Waals surface area contributed by atoms with Gasteiger partial charge >= 0.3 is 11.9 Å². The number of hydrogen-bond donors (Lipinski definition) is 1. The average Bonchev–Trinajstić information content (AvgIpc) is 3.45. The third-order valence-electron chi connectivity index (χ3n) is 7.90. The fourth-order valence-corrected chi connectivity index (χ4v) is 5.66. The summed E-state index contributed by atoms with van der Waals surface area (Å²) in [4.78, 5) is 27.9. The van der Waals surface area contributed by atoms with Crippen molar-refractivity contribution in [3.05, 3.63) is 36.2 Å². The molecule has 3 saturated heterocycles. The Bertz CT molecular complexity index is 894. The molecule has 3 aliphatic heterocycles. The standard InChI is InChI=1S/C28H41N2O6/c1-4-6-7-8-9-20(5-2)24(31)36-27-28(12-14-29-15-13-28)19-30(27)21-10-11-22(25(32)33-3)23(18-21)26-34-16-17-35-26/h10-11,18,20,26-27,29H,1,4-9,12-17,19H2,2-3H3. The molecule has 36 heavy (non-hydrogen) atoms. The molecule has 3 fully saturated rings. The number of anilines is 1. The van der Waals surface area contributed by atoms with Gasteiger partial charge in [-0.05, 0) is 57.0 Å². The van der Waals surface area contributed by atoms with Gasteiger partial charge in [0.25, 0.3) is 0 Å². The van der Waals surface area contributed by atoms with Crippen molar-refractivity contribution in [2.75, 3.05) is 44.9 Å². The zero-order chi connectivity index (χ0) is 25.5. The van der Waals surface area contributed by atoms with E-state index >= 15 is 0 Å². The first-order valence-electron chi connectivity index (χ1n) is 13.5. The Morgan fingerprint density at radius 2 is 1.94 bits per heavy atom. The van der Waals surface area contributed by atoms with Crippen LogP contribution in [0, 0.1) is 18.3 Å². The summed E-state index contributed by atoms with van der Waals surface area (Å²) in [5.41, 5.74) is 1.90. The van der Waals surface area contributed by atoms with Gasteiger partial charge in [-0.3, -0.25) is 4.79 Å². The third-order valence-corrected chi connectivity index (χ3v) is 7.90. The zero-order valence-electron chi connectivity index (χ0n) is 21.8. The summed E-state index contributed by atoms with van der Waals surface area (Å²) in [5, 5.41) is 3.43. The molecule has 199 valence electrons. The molecule has 1 radical (unpaired) electrons. The number of piperidine rings is 1. The van der Waals surface area contributed by atoms with Gasteiger partial charge in [-0.2, -0.15) is 0 Å².